The van der Waals surface area contributed by atoms with Gasteiger partial charge in [0, 0.05) is 22.9 Å². The van der Waals surface area contributed by atoms with Crippen molar-refractivity contribution >= 4 is 17.3 Å². The first kappa shape index (κ1) is 15.9. The molecule has 0 aliphatic heterocycles. The van der Waals surface area contributed by atoms with E-state index >= 15 is 0 Å². The van der Waals surface area contributed by atoms with Crippen LogP contribution in [0.15, 0.2) is 54.6 Å². The molecule has 3 aromatic rings. The van der Waals surface area contributed by atoms with E-state index in [2.05, 4.69) is 46.5 Å². The molecule has 4 nitrogen and oxygen atoms in total. The molecule has 0 spiro atoms. The molecule has 1 aromatic heterocycles. The zero-order chi connectivity index (χ0) is 17.1. The standard InChI is InChI=1S/C20H19N3O/c1-13-7-9-16(10-8-13)19-12-20(22-15(3)21-19)23-18-6-4-5-17(11-18)14(2)24/h4-12H,1-3H3,(H,21,22,23). The summed E-state index contributed by atoms with van der Waals surface area (Å²) in [4.78, 5) is 20.5. The van der Waals surface area contributed by atoms with Crippen molar-refractivity contribution in [1.29, 1.82) is 0 Å². The van der Waals surface area contributed by atoms with Gasteiger partial charge in [0.1, 0.15) is 11.6 Å². The van der Waals surface area contributed by atoms with Crippen molar-refractivity contribution in [3.05, 3.63) is 71.5 Å². The lowest BCUT2D eigenvalue weighted by molar-refractivity contribution is 0.101. The summed E-state index contributed by atoms with van der Waals surface area (Å²) in [6.07, 6.45) is 0. The van der Waals surface area contributed by atoms with Gasteiger partial charge in [-0.1, -0.05) is 42.0 Å². The quantitative estimate of drug-likeness (QED) is 0.708. The fraction of sp³-hybridized carbons (Fsp3) is 0.150. The van der Waals surface area contributed by atoms with Gasteiger partial charge in [0.15, 0.2) is 5.78 Å². The summed E-state index contributed by atoms with van der Waals surface area (Å²) in [7, 11) is 0. The second-order valence-corrected chi connectivity index (χ2v) is 5.81. The molecule has 0 amide bonds. The van der Waals surface area contributed by atoms with Gasteiger partial charge in [-0.2, -0.15) is 0 Å². The Labute approximate surface area is 141 Å². The van der Waals surface area contributed by atoms with Crippen molar-refractivity contribution in [2.24, 2.45) is 0 Å². The second-order valence-electron chi connectivity index (χ2n) is 5.81. The van der Waals surface area contributed by atoms with Crippen molar-refractivity contribution in [3.8, 4) is 11.3 Å². The summed E-state index contributed by atoms with van der Waals surface area (Å²) in [6, 6.07) is 17.5. The highest BCUT2D eigenvalue weighted by molar-refractivity contribution is 5.95. The van der Waals surface area contributed by atoms with E-state index in [0.717, 1.165) is 16.9 Å². The maximum atomic E-state index is 11.5. The summed E-state index contributed by atoms with van der Waals surface area (Å²) in [5.41, 5.74) is 4.63. The molecule has 0 radical (unpaired) electrons. The molecule has 1 heterocycles. The van der Waals surface area contributed by atoms with Crippen LogP contribution in [0.25, 0.3) is 11.3 Å². The van der Waals surface area contributed by atoms with Crippen LogP contribution in [-0.2, 0) is 0 Å². The molecule has 0 saturated heterocycles. The Kier molecular flexibility index (Phi) is 4.38. The highest BCUT2D eigenvalue weighted by atomic mass is 16.1. The Hall–Kier alpha value is -3.01. The van der Waals surface area contributed by atoms with Crippen molar-refractivity contribution in [2.75, 3.05) is 5.32 Å². The van der Waals surface area contributed by atoms with Crippen LogP contribution >= 0.6 is 0 Å². The number of nitrogens with zero attached hydrogens (tertiary/aromatic N) is 2. The number of carbonyl (C=O) groups is 1. The lowest BCUT2D eigenvalue weighted by Crippen LogP contribution is -2.00. The number of rotatable bonds is 4. The van der Waals surface area contributed by atoms with E-state index in [4.69, 9.17) is 0 Å². The van der Waals surface area contributed by atoms with Gasteiger partial charge in [0.05, 0.1) is 5.69 Å². The van der Waals surface area contributed by atoms with E-state index in [9.17, 15) is 4.79 Å². The van der Waals surface area contributed by atoms with Gasteiger partial charge in [-0.25, -0.2) is 9.97 Å². The van der Waals surface area contributed by atoms with Crippen LogP contribution in [0.4, 0.5) is 11.5 Å². The molecule has 24 heavy (non-hydrogen) atoms. The smallest absolute Gasteiger partial charge is 0.159 e. The van der Waals surface area contributed by atoms with Gasteiger partial charge in [-0.05, 0) is 32.9 Å². The molecule has 3 rings (SSSR count). The Balaban J connectivity index is 1.93. The zero-order valence-electron chi connectivity index (χ0n) is 14.0. The molecule has 1 N–H and O–H groups in total. The first-order valence-corrected chi connectivity index (χ1v) is 7.82. The number of hydrogen-bond donors (Lipinski definition) is 1. The molecule has 0 unspecified atom stereocenters. The Bertz CT molecular complexity index is 886. The average molecular weight is 317 g/mol. The zero-order valence-corrected chi connectivity index (χ0v) is 14.0. The molecule has 0 aliphatic rings. The van der Waals surface area contributed by atoms with Crippen molar-refractivity contribution in [2.45, 2.75) is 20.8 Å². The topological polar surface area (TPSA) is 54.9 Å². The summed E-state index contributed by atoms with van der Waals surface area (Å²) in [5.74, 6) is 1.44. The van der Waals surface area contributed by atoms with Crippen LogP contribution in [0.5, 0.6) is 0 Å². The van der Waals surface area contributed by atoms with Gasteiger partial charge >= 0.3 is 0 Å². The van der Waals surface area contributed by atoms with Crippen LogP contribution in [0.3, 0.4) is 0 Å². The molecule has 0 saturated carbocycles. The minimum Gasteiger partial charge on any atom is -0.340 e. The summed E-state index contributed by atoms with van der Waals surface area (Å²) >= 11 is 0. The van der Waals surface area contributed by atoms with E-state index in [1.165, 1.54) is 5.56 Å². The third kappa shape index (κ3) is 3.66. The van der Waals surface area contributed by atoms with Gasteiger partial charge < -0.3 is 5.32 Å². The molecule has 0 bridgehead atoms. The lowest BCUT2D eigenvalue weighted by atomic mass is 10.1. The summed E-state index contributed by atoms with van der Waals surface area (Å²) in [5, 5.41) is 3.26. The molecule has 0 atom stereocenters. The third-order valence-electron chi connectivity index (χ3n) is 3.73. The number of ketones is 1. The normalized spacial score (nSPS) is 10.5. The first-order chi connectivity index (χ1) is 11.5. The molecule has 0 fully saturated rings. The van der Waals surface area contributed by atoms with Crippen LogP contribution < -0.4 is 5.32 Å². The van der Waals surface area contributed by atoms with E-state index < -0.39 is 0 Å². The largest absolute Gasteiger partial charge is 0.340 e. The van der Waals surface area contributed by atoms with Crippen LogP contribution in [0.2, 0.25) is 0 Å². The number of benzene rings is 2. The molecule has 2 aromatic carbocycles. The van der Waals surface area contributed by atoms with Gasteiger partial charge in [0.25, 0.3) is 0 Å². The van der Waals surface area contributed by atoms with Crippen molar-refractivity contribution < 1.29 is 4.79 Å². The number of carbonyl (C=O) groups excluding carboxylic acids is 1. The maximum absolute atomic E-state index is 11.5. The lowest BCUT2D eigenvalue weighted by Gasteiger charge is -2.10. The number of nitrogens with one attached hydrogen (secondary N) is 1. The minimum absolute atomic E-state index is 0.0397. The SMILES string of the molecule is CC(=O)c1cccc(Nc2cc(-c3ccc(C)cc3)nc(C)n2)c1. The average Bonchev–Trinajstić information content (AvgIpc) is 2.55. The van der Waals surface area contributed by atoms with Crippen molar-refractivity contribution in [3.63, 3.8) is 0 Å². The highest BCUT2D eigenvalue weighted by Crippen LogP contribution is 2.23. The van der Waals surface area contributed by atoms with Crippen molar-refractivity contribution in [1.82, 2.24) is 9.97 Å². The minimum atomic E-state index is 0.0397. The second kappa shape index (κ2) is 6.62. The van der Waals surface area contributed by atoms with Crippen LogP contribution in [-0.4, -0.2) is 15.8 Å². The fourth-order valence-corrected chi connectivity index (χ4v) is 2.47. The third-order valence-corrected chi connectivity index (χ3v) is 3.73. The Morgan fingerprint density at radius 2 is 1.71 bits per heavy atom. The number of anilines is 2. The maximum Gasteiger partial charge on any atom is 0.159 e. The molecular weight excluding hydrogens is 298 g/mol. The van der Waals surface area contributed by atoms with Crippen LogP contribution in [0, 0.1) is 13.8 Å². The monoisotopic (exact) mass is 317 g/mol. The Morgan fingerprint density at radius 1 is 0.958 bits per heavy atom. The number of aryl methyl sites for hydroxylation is 2. The first-order valence-electron chi connectivity index (χ1n) is 7.82. The number of hydrogen-bond acceptors (Lipinski definition) is 4. The number of Topliss-reactive ketones (excluding diaryl/α,β-unsaturated/α-hetero) is 1. The van der Waals surface area contributed by atoms with E-state index in [0.29, 0.717) is 17.2 Å². The molecule has 0 aliphatic carbocycles. The molecule has 4 heteroatoms. The fourth-order valence-electron chi connectivity index (χ4n) is 2.47. The van der Waals surface area contributed by atoms with E-state index in [1.807, 2.05) is 31.2 Å². The summed E-state index contributed by atoms with van der Waals surface area (Å²) < 4.78 is 0. The molecular formula is C20H19N3O. The Morgan fingerprint density at radius 3 is 2.42 bits per heavy atom. The molecule has 120 valence electrons. The number of aromatic nitrogens is 2. The van der Waals surface area contributed by atoms with Gasteiger partial charge in [-0.15, -0.1) is 0 Å². The highest BCUT2D eigenvalue weighted by Gasteiger charge is 2.06. The summed E-state index contributed by atoms with van der Waals surface area (Å²) in [6.45, 7) is 5.49. The van der Waals surface area contributed by atoms with E-state index in [-0.39, 0.29) is 5.78 Å². The van der Waals surface area contributed by atoms with Crippen LogP contribution in [0.1, 0.15) is 28.7 Å². The predicted molar refractivity (Wildman–Crippen MR) is 96.7 cm³/mol. The predicted octanol–water partition coefficient (Wildman–Crippen LogP) is 4.71. The van der Waals surface area contributed by atoms with Gasteiger partial charge in [0.2, 0.25) is 0 Å². The van der Waals surface area contributed by atoms with E-state index in [1.54, 1.807) is 13.0 Å². The van der Waals surface area contributed by atoms with Gasteiger partial charge in [-0.3, -0.25) is 4.79 Å².